The van der Waals surface area contributed by atoms with Crippen molar-refractivity contribution in [3.8, 4) is 11.1 Å². The Morgan fingerprint density at radius 2 is 1.37 bits per heavy atom. The molecule has 0 heterocycles. The maximum Gasteiger partial charge on any atom is 0.340 e. The molecule has 3 heteroatoms. The maximum atomic E-state index is 11.0. The minimum absolute atomic E-state index is 0.371. The molecule has 0 saturated heterocycles. The Morgan fingerprint density at radius 3 is 1.79 bits per heavy atom. The first kappa shape index (κ1) is 13.3. The largest absolute Gasteiger partial charge is 0.479 e. The van der Waals surface area contributed by atoms with Gasteiger partial charge in [-0.15, -0.1) is 0 Å². The molecule has 0 spiro atoms. The van der Waals surface area contributed by atoms with Crippen LogP contribution in [0.3, 0.4) is 0 Å². The lowest BCUT2D eigenvalue weighted by Gasteiger charge is -2.18. The third-order valence-corrected chi connectivity index (χ3v) is 3.25. The molecule has 1 atom stereocenters. The molecule has 2 aromatic carbocycles. The van der Waals surface area contributed by atoms with Crippen LogP contribution in [-0.4, -0.2) is 16.2 Å². The fourth-order valence-electron chi connectivity index (χ4n) is 1.86. The van der Waals surface area contributed by atoms with E-state index in [1.807, 2.05) is 43.3 Å². The van der Waals surface area contributed by atoms with Gasteiger partial charge in [-0.1, -0.05) is 54.1 Å². The van der Waals surface area contributed by atoms with Crippen molar-refractivity contribution < 1.29 is 15.0 Å². The number of carbonyl (C=O) groups is 1. The van der Waals surface area contributed by atoms with Gasteiger partial charge in [0.25, 0.3) is 0 Å². The van der Waals surface area contributed by atoms with Crippen LogP contribution in [0.5, 0.6) is 0 Å². The van der Waals surface area contributed by atoms with Gasteiger partial charge in [-0.05, 0) is 30.5 Å². The van der Waals surface area contributed by atoms with Gasteiger partial charge in [0.05, 0.1) is 0 Å². The molecule has 0 amide bonds. The molecular weight excluding hydrogens is 240 g/mol. The third kappa shape index (κ3) is 2.66. The molecule has 0 aliphatic rings. The van der Waals surface area contributed by atoms with Crippen molar-refractivity contribution >= 4 is 5.97 Å². The number of hydrogen-bond donors (Lipinski definition) is 2. The summed E-state index contributed by atoms with van der Waals surface area (Å²) in [5.41, 5.74) is 1.76. The number of benzene rings is 2. The average molecular weight is 256 g/mol. The molecule has 0 fully saturated rings. The van der Waals surface area contributed by atoms with E-state index in [-0.39, 0.29) is 0 Å². The third-order valence-electron chi connectivity index (χ3n) is 3.25. The Morgan fingerprint density at radius 1 is 0.947 bits per heavy atom. The molecule has 98 valence electrons. The number of carboxylic acid groups (broad SMARTS) is 1. The van der Waals surface area contributed by atoms with E-state index in [0.717, 1.165) is 11.1 Å². The number of aliphatic carboxylic acids is 1. The molecule has 1 unspecified atom stereocenters. The smallest absolute Gasteiger partial charge is 0.340 e. The van der Waals surface area contributed by atoms with Crippen molar-refractivity contribution in [1.29, 1.82) is 0 Å². The van der Waals surface area contributed by atoms with E-state index in [1.165, 1.54) is 12.5 Å². The number of aryl methyl sites for hydroxylation is 1. The molecular formula is C16H16O3. The molecule has 0 aliphatic carbocycles. The Kier molecular flexibility index (Phi) is 3.40. The fraction of sp³-hybridized carbons (Fsp3) is 0.188. The average Bonchev–Trinajstić information content (AvgIpc) is 2.39. The van der Waals surface area contributed by atoms with Gasteiger partial charge in [-0.3, -0.25) is 0 Å². The summed E-state index contributed by atoms with van der Waals surface area (Å²) in [5, 5.41) is 18.8. The van der Waals surface area contributed by atoms with E-state index >= 15 is 0 Å². The molecule has 0 radical (unpaired) electrons. The molecule has 2 rings (SSSR count). The number of rotatable bonds is 3. The lowest BCUT2D eigenvalue weighted by Crippen LogP contribution is -2.31. The summed E-state index contributed by atoms with van der Waals surface area (Å²) in [6, 6.07) is 15.0. The van der Waals surface area contributed by atoms with E-state index in [2.05, 4.69) is 0 Å². The van der Waals surface area contributed by atoms with Gasteiger partial charge in [0.2, 0.25) is 0 Å². The Labute approximate surface area is 112 Å². The van der Waals surface area contributed by atoms with Crippen LogP contribution in [0.15, 0.2) is 48.5 Å². The highest BCUT2D eigenvalue weighted by Gasteiger charge is 2.31. The minimum Gasteiger partial charge on any atom is -0.479 e. The monoisotopic (exact) mass is 256 g/mol. The Hall–Kier alpha value is -2.13. The van der Waals surface area contributed by atoms with Crippen molar-refractivity contribution in [2.24, 2.45) is 0 Å². The summed E-state index contributed by atoms with van der Waals surface area (Å²) in [5.74, 6) is -1.25. The van der Waals surface area contributed by atoms with E-state index < -0.39 is 11.6 Å². The van der Waals surface area contributed by atoms with E-state index in [4.69, 9.17) is 5.11 Å². The van der Waals surface area contributed by atoms with Crippen LogP contribution in [-0.2, 0) is 10.4 Å². The first-order valence-electron chi connectivity index (χ1n) is 6.04. The van der Waals surface area contributed by atoms with Crippen LogP contribution >= 0.6 is 0 Å². The lowest BCUT2D eigenvalue weighted by atomic mass is 9.94. The molecule has 19 heavy (non-hydrogen) atoms. The van der Waals surface area contributed by atoms with Crippen molar-refractivity contribution in [2.45, 2.75) is 19.4 Å². The number of hydrogen-bond acceptors (Lipinski definition) is 2. The zero-order valence-corrected chi connectivity index (χ0v) is 10.9. The van der Waals surface area contributed by atoms with Crippen molar-refractivity contribution in [1.82, 2.24) is 0 Å². The second-order valence-corrected chi connectivity index (χ2v) is 4.82. The van der Waals surface area contributed by atoms with Gasteiger partial charge in [-0.2, -0.15) is 0 Å². The fourth-order valence-corrected chi connectivity index (χ4v) is 1.86. The lowest BCUT2D eigenvalue weighted by molar-refractivity contribution is -0.157. The van der Waals surface area contributed by atoms with Crippen molar-refractivity contribution in [3.05, 3.63) is 59.7 Å². The predicted octanol–water partition coefficient (Wildman–Crippen LogP) is 2.95. The highest BCUT2D eigenvalue weighted by atomic mass is 16.4. The number of carboxylic acids is 1. The van der Waals surface area contributed by atoms with Crippen LogP contribution in [0.2, 0.25) is 0 Å². The zero-order chi connectivity index (χ0) is 14.0. The predicted molar refractivity (Wildman–Crippen MR) is 73.8 cm³/mol. The summed E-state index contributed by atoms with van der Waals surface area (Å²) >= 11 is 0. The summed E-state index contributed by atoms with van der Waals surface area (Å²) in [4.78, 5) is 11.0. The summed E-state index contributed by atoms with van der Waals surface area (Å²) in [6.07, 6.45) is 0. The Bertz CT molecular complexity index is 580. The van der Waals surface area contributed by atoms with Crippen LogP contribution in [0.4, 0.5) is 0 Å². The van der Waals surface area contributed by atoms with Crippen molar-refractivity contribution in [3.63, 3.8) is 0 Å². The normalized spacial score (nSPS) is 13.8. The molecule has 0 bridgehead atoms. The van der Waals surface area contributed by atoms with E-state index in [0.29, 0.717) is 5.56 Å². The molecule has 2 N–H and O–H groups in total. The van der Waals surface area contributed by atoms with Gasteiger partial charge in [0.1, 0.15) is 0 Å². The Balaban J connectivity index is 2.33. The second-order valence-electron chi connectivity index (χ2n) is 4.82. The van der Waals surface area contributed by atoms with E-state index in [9.17, 15) is 9.90 Å². The van der Waals surface area contributed by atoms with Gasteiger partial charge in [0, 0.05) is 0 Å². The van der Waals surface area contributed by atoms with Crippen molar-refractivity contribution in [2.75, 3.05) is 0 Å². The molecule has 3 nitrogen and oxygen atoms in total. The zero-order valence-electron chi connectivity index (χ0n) is 10.9. The van der Waals surface area contributed by atoms with Gasteiger partial charge in [-0.25, -0.2) is 4.79 Å². The van der Waals surface area contributed by atoms with Gasteiger partial charge in [0.15, 0.2) is 5.60 Å². The maximum absolute atomic E-state index is 11.0. The van der Waals surface area contributed by atoms with Crippen LogP contribution in [0, 0.1) is 6.92 Å². The van der Waals surface area contributed by atoms with Crippen LogP contribution in [0.1, 0.15) is 18.1 Å². The molecule has 0 aliphatic heterocycles. The summed E-state index contributed by atoms with van der Waals surface area (Å²) in [6.45, 7) is 3.30. The highest BCUT2D eigenvalue weighted by molar-refractivity contribution is 5.79. The first-order chi connectivity index (χ1) is 8.91. The van der Waals surface area contributed by atoms with E-state index in [1.54, 1.807) is 12.1 Å². The SMILES string of the molecule is Cc1ccc(-c2ccc(C(C)(O)C(=O)O)cc2)cc1. The quantitative estimate of drug-likeness (QED) is 0.887. The highest BCUT2D eigenvalue weighted by Crippen LogP contribution is 2.25. The molecule has 2 aromatic rings. The number of aliphatic hydroxyl groups is 1. The topological polar surface area (TPSA) is 57.5 Å². The van der Waals surface area contributed by atoms with Gasteiger partial charge >= 0.3 is 5.97 Å². The first-order valence-corrected chi connectivity index (χ1v) is 6.04. The van der Waals surface area contributed by atoms with Crippen LogP contribution < -0.4 is 0 Å². The minimum atomic E-state index is -1.86. The summed E-state index contributed by atoms with van der Waals surface area (Å²) in [7, 11) is 0. The van der Waals surface area contributed by atoms with Crippen LogP contribution in [0.25, 0.3) is 11.1 Å². The second kappa shape index (κ2) is 4.86. The van der Waals surface area contributed by atoms with Gasteiger partial charge < -0.3 is 10.2 Å². The molecule has 0 aromatic heterocycles. The standard InChI is InChI=1S/C16H16O3/c1-11-3-5-12(6-4-11)13-7-9-14(10-8-13)16(2,19)15(17)18/h3-10,19H,1-2H3,(H,17,18). The summed E-state index contributed by atoms with van der Waals surface area (Å²) < 4.78 is 0. The molecule has 0 saturated carbocycles.